The lowest BCUT2D eigenvalue weighted by atomic mass is 10.1. The van der Waals surface area contributed by atoms with Crippen molar-refractivity contribution in [2.45, 2.75) is 91.0 Å². The molecule has 1 rings (SSSR count). The molecule has 1 aromatic rings. The van der Waals surface area contributed by atoms with Gasteiger partial charge in [0.15, 0.2) is 0 Å². The molecule has 0 bridgehead atoms. The van der Waals surface area contributed by atoms with Gasteiger partial charge >= 0.3 is 0 Å². The number of hydrogen-bond acceptors (Lipinski definition) is 2. The van der Waals surface area contributed by atoms with Gasteiger partial charge in [0.1, 0.15) is 0 Å². The summed E-state index contributed by atoms with van der Waals surface area (Å²) in [7, 11) is 0. The van der Waals surface area contributed by atoms with Gasteiger partial charge in [-0.3, -0.25) is 4.68 Å². The van der Waals surface area contributed by atoms with Crippen molar-refractivity contribution in [1.82, 2.24) is 15.0 Å². The number of hydrogen-bond donors (Lipinski definition) is 0. The van der Waals surface area contributed by atoms with Crippen molar-refractivity contribution in [3.05, 3.63) is 11.9 Å². The Morgan fingerprint density at radius 3 is 2.21 bits per heavy atom. The molecule has 3 nitrogen and oxygen atoms in total. The Morgan fingerprint density at radius 1 is 0.842 bits per heavy atom. The summed E-state index contributed by atoms with van der Waals surface area (Å²) in [5.41, 5.74) is 1.17. The van der Waals surface area contributed by atoms with Crippen molar-refractivity contribution in [3.63, 3.8) is 0 Å². The predicted molar refractivity (Wildman–Crippen MR) is 81.2 cm³/mol. The van der Waals surface area contributed by atoms with E-state index in [1.807, 2.05) is 4.68 Å². The van der Waals surface area contributed by atoms with Crippen LogP contribution >= 0.6 is 0 Å². The van der Waals surface area contributed by atoms with Crippen molar-refractivity contribution in [1.29, 1.82) is 0 Å². The molecule has 0 radical (unpaired) electrons. The van der Waals surface area contributed by atoms with E-state index >= 15 is 0 Å². The lowest BCUT2D eigenvalue weighted by Gasteiger charge is -2.00. The second-order valence-electron chi connectivity index (χ2n) is 5.55. The highest BCUT2D eigenvalue weighted by atomic mass is 15.4. The Morgan fingerprint density at radius 2 is 1.47 bits per heavy atom. The number of aromatic nitrogens is 3. The molecule has 0 atom stereocenters. The van der Waals surface area contributed by atoms with E-state index in [1.165, 1.54) is 69.9 Å². The van der Waals surface area contributed by atoms with Gasteiger partial charge in [-0.15, -0.1) is 5.10 Å². The second kappa shape index (κ2) is 11.0. The Kier molecular flexibility index (Phi) is 9.38. The largest absolute Gasteiger partial charge is 0.252 e. The minimum absolute atomic E-state index is 1.04. The Hall–Kier alpha value is -0.860. The van der Waals surface area contributed by atoms with Crippen LogP contribution in [0.5, 0.6) is 0 Å². The van der Waals surface area contributed by atoms with Crippen molar-refractivity contribution in [2.24, 2.45) is 0 Å². The van der Waals surface area contributed by atoms with Crippen LogP contribution in [-0.2, 0) is 13.0 Å². The molecule has 1 aromatic heterocycles. The third kappa shape index (κ3) is 8.02. The van der Waals surface area contributed by atoms with Gasteiger partial charge in [0, 0.05) is 12.7 Å². The summed E-state index contributed by atoms with van der Waals surface area (Å²) in [6.07, 6.45) is 16.5. The maximum atomic E-state index is 4.26. The number of rotatable bonds is 12. The highest BCUT2D eigenvalue weighted by Crippen LogP contribution is 2.07. The van der Waals surface area contributed by atoms with E-state index in [-0.39, 0.29) is 0 Å². The van der Waals surface area contributed by atoms with Crippen molar-refractivity contribution >= 4 is 0 Å². The zero-order valence-corrected chi connectivity index (χ0v) is 12.9. The minimum Gasteiger partial charge on any atom is -0.252 e. The molecule has 1 heterocycles. The van der Waals surface area contributed by atoms with Crippen molar-refractivity contribution in [2.75, 3.05) is 0 Å². The maximum absolute atomic E-state index is 4.26. The molecule has 110 valence electrons. The summed E-state index contributed by atoms with van der Waals surface area (Å²) in [5.74, 6) is 0. The van der Waals surface area contributed by atoms with Gasteiger partial charge in [-0.05, 0) is 19.3 Å². The van der Waals surface area contributed by atoms with Crippen molar-refractivity contribution in [3.8, 4) is 0 Å². The standard InChI is InChI=1S/C16H31N3/c1-3-5-7-9-10-12-14-19-15-16(17-18-19)13-11-8-6-4-2/h15H,3-14H2,1-2H3. The van der Waals surface area contributed by atoms with Crippen LogP contribution in [0.1, 0.15) is 83.7 Å². The van der Waals surface area contributed by atoms with E-state index < -0.39 is 0 Å². The van der Waals surface area contributed by atoms with E-state index in [0.717, 1.165) is 13.0 Å². The summed E-state index contributed by atoms with van der Waals surface area (Å²) in [4.78, 5) is 0. The molecular weight excluding hydrogens is 234 g/mol. The Labute approximate surface area is 118 Å². The van der Waals surface area contributed by atoms with E-state index in [9.17, 15) is 0 Å². The summed E-state index contributed by atoms with van der Waals surface area (Å²) in [5, 5.41) is 8.47. The normalized spacial score (nSPS) is 11.1. The van der Waals surface area contributed by atoms with Crippen LogP contribution in [0.3, 0.4) is 0 Å². The third-order valence-electron chi connectivity index (χ3n) is 3.61. The molecular formula is C16H31N3. The van der Waals surface area contributed by atoms with E-state index in [4.69, 9.17) is 0 Å². The van der Waals surface area contributed by atoms with Crippen LogP contribution in [-0.4, -0.2) is 15.0 Å². The number of aryl methyl sites for hydroxylation is 2. The fourth-order valence-corrected chi connectivity index (χ4v) is 2.35. The van der Waals surface area contributed by atoms with Gasteiger partial charge in [0.2, 0.25) is 0 Å². The van der Waals surface area contributed by atoms with Crippen LogP contribution < -0.4 is 0 Å². The zero-order valence-electron chi connectivity index (χ0n) is 12.9. The van der Waals surface area contributed by atoms with Crippen LogP contribution in [0.4, 0.5) is 0 Å². The summed E-state index contributed by atoms with van der Waals surface area (Å²) >= 11 is 0. The SMILES string of the molecule is CCCCCCCCn1cc(CCCCCC)nn1. The molecule has 0 saturated heterocycles. The zero-order chi connectivity index (χ0) is 13.8. The highest BCUT2D eigenvalue weighted by Gasteiger charge is 2.00. The Balaban J connectivity index is 2.06. The van der Waals surface area contributed by atoms with Gasteiger partial charge < -0.3 is 0 Å². The fraction of sp³-hybridized carbons (Fsp3) is 0.875. The fourth-order valence-electron chi connectivity index (χ4n) is 2.35. The second-order valence-corrected chi connectivity index (χ2v) is 5.55. The first-order valence-electron chi connectivity index (χ1n) is 8.25. The van der Waals surface area contributed by atoms with Gasteiger partial charge in [0.05, 0.1) is 5.69 Å². The van der Waals surface area contributed by atoms with Gasteiger partial charge in [-0.2, -0.15) is 0 Å². The molecule has 0 saturated carbocycles. The quantitative estimate of drug-likeness (QED) is 0.510. The van der Waals surface area contributed by atoms with Gasteiger partial charge in [0.25, 0.3) is 0 Å². The first-order valence-corrected chi connectivity index (χ1v) is 8.25. The molecule has 0 fully saturated rings. The smallest absolute Gasteiger partial charge is 0.0827 e. The van der Waals surface area contributed by atoms with E-state index in [2.05, 4.69) is 30.4 Å². The molecule has 0 aliphatic heterocycles. The van der Waals surface area contributed by atoms with Crippen LogP contribution in [0.15, 0.2) is 6.20 Å². The monoisotopic (exact) mass is 265 g/mol. The molecule has 0 amide bonds. The molecule has 0 aliphatic carbocycles. The molecule has 0 aromatic carbocycles. The molecule has 3 heteroatoms. The molecule has 0 unspecified atom stereocenters. The third-order valence-corrected chi connectivity index (χ3v) is 3.61. The average Bonchev–Trinajstić information content (AvgIpc) is 2.87. The number of unbranched alkanes of at least 4 members (excludes halogenated alkanes) is 8. The van der Waals surface area contributed by atoms with E-state index in [1.54, 1.807) is 0 Å². The molecule has 0 spiro atoms. The van der Waals surface area contributed by atoms with Crippen molar-refractivity contribution < 1.29 is 0 Å². The average molecular weight is 265 g/mol. The first-order chi connectivity index (χ1) is 9.36. The summed E-state index contributed by atoms with van der Waals surface area (Å²) in [6.45, 7) is 5.54. The minimum atomic E-state index is 1.04. The van der Waals surface area contributed by atoms with Gasteiger partial charge in [-0.25, -0.2) is 0 Å². The van der Waals surface area contributed by atoms with Gasteiger partial charge in [-0.1, -0.05) is 70.4 Å². The maximum Gasteiger partial charge on any atom is 0.0827 e. The Bertz CT molecular complexity index is 307. The lowest BCUT2D eigenvalue weighted by molar-refractivity contribution is 0.516. The molecule has 0 aliphatic rings. The topological polar surface area (TPSA) is 30.7 Å². The molecule has 0 N–H and O–H groups in total. The van der Waals surface area contributed by atoms with Crippen LogP contribution in [0.25, 0.3) is 0 Å². The van der Waals surface area contributed by atoms with E-state index in [0.29, 0.717) is 0 Å². The number of nitrogens with zero attached hydrogens (tertiary/aromatic N) is 3. The predicted octanol–water partition coefficient (Wildman–Crippen LogP) is 4.76. The lowest BCUT2D eigenvalue weighted by Crippen LogP contribution is -1.98. The van der Waals surface area contributed by atoms with Crippen LogP contribution in [0, 0.1) is 0 Å². The molecule has 19 heavy (non-hydrogen) atoms. The first kappa shape index (κ1) is 16.2. The summed E-state index contributed by atoms with van der Waals surface area (Å²) in [6, 6.07) is 0. The highest BCUT2D eigenvalue weighted by molar-refractivity contribution is 4.92. The summed E-state index contributed by atoms with van der Waals surface area (Å²) < 4.78 is 2.02. The van der Waals surface area contributed by atoms with Crippen LogP contribution in [0.2, 0.25) is 0 Å².